The van der Waals surface area contributed by atoms with Crippen LogP contribution in [0.5, 0.6) is 0 Å². The first kappa shape index (κ1) is 14.1. The Balaban J connectivity index is 1.83. The predicted octanol–water partition coefficient (Wildman–Crippen LogP) is 2.62. The largest absolute Gasteiger partial charge is 0.342 e. The second kappa shape index (κ2) is 4.51. The molecule has 0 amide bonds. The summed E-state index contributed by atoms with van der Waals surface area (Å²) in [6, 6.07) is 0. The lowest BCUT2D eigenvalue weighted by molar-refractivity contribution is -0.119. The van der Waals surface area contributed by atoms with Gasteiger partial charge in [0.1, 0.15) is 0 Å². The predicted molar refractivity (Wildman–Crippen MR) is 84.1 cm³/mol. The number of azo groups is 1. The van der Waals surface area contributed by atoms with E-state index < -0.39 is 0 Å². The molecule has 0 aromatic heterocycles. The highest BCUT2D eigenvalue weighted by Crippen LogP contribution is 2.54. The van der Waals surface area contributed by atoms with Gasteiger partial charge in [0.25, 0.3) is 0 Å². The van der Waals surface area contributed by atoms with Crippen molar-refractivity contribution >= 4 is 5.78 Å². The second-order valence-corrected chi connectivity index (χ2v) is 8.03. The summed E-state index contributed by atoms with van der Waals surface area (Å²) in [5.74, 6) is 1.26. The molecule has 1 spiro atoms. The van der Waals surface area contributed by atoms with E-state index in [1.165, 1.54) is 5.57 Å². The molecule has 0 bridgehead atoms. The van der Waals surface area contributed by atoms with Gasteiger partial charge in [-0.1, -0.05) is 13.8 Å². The minimum atomic E-state index is -0.112. The smallest absolute Gasteiger partial charge is 0.162 e. The molecule has 4 rings (SSSR count). The van der Waals surface area contributed by atoms with Crippen molar-refractivity contribution in [3.8, 4) is 0 Å². The first-order chi connectivity index (χ1) is 10.4. The van der Waals surface area contributed by atoms with Crippen LogP contribution >= 0.6 is 0 Å². The topological polar surface area (TPSA) is 57.1 Å². The van der Waals surface area contributed by atoms with Crippen LogP contribution in [0.1, 0.15) is 39.5 Å². The standard InChI is InChI=1S/C17H24N4O/c1-16(2)8-12-14(13(22)9-16)17(4-6-21(3)7-5-17)11-10-18-20-15(11)19-12/h19H,4-10H2,1-3H3. The molecule has 0 aromatic rings. The third-order valence-corrected chi connectivity index (χ3v) is 5.73. The number of hydrogen-bond acceptors (Lipinski definition) is 5. The van der Waals surface area contributed by atoms with Crippen LogP contribution in [0.25, 0.3) is 0 Å². The van der Waals surface area contributed by atoms with Crippen LogP contribution in [0.2, 0.25) is 0 Å². The van der Waals surface area contributed by atoms with Crippen LogP contribution in [-0.4, -0.2) is 37.4 Å². The number of carbonyl (C=O) groups is 1. The average Bonchev–Trinajstić information content (AvgIpc) is 2.88. The fourth-order valence-corrected chi connectivity index (χ4v) is 4.62. The molecule has 4 aliphatic rings. The number of hydrogen-bond donors (Lipinski definition) is 1. The summed E-state index contributed by atoms with van der Waals surface area (Å²) in [7, 11) is 2.16. The van der Waals surface area contributed by atoms with Crippen molar-refractivity contribution in [2.75, 3.05) is 26.7 Å². The summed E-state index contributed by atoms with van der Waals surface area (Å²) in [5, 5.41) is 12.0. The fraction of sp³-hybridized carbons (Fsp3) is 0.706. The van der Waals surface area contributed by atoms with E-state index in [9.17, 15) is 4.79 Å². The van der Waals surface area contributed by atoms with Gasteiger partial charge in [-0.3, -0.25) is 4.79 Å². The molecule has 0 aromatic carbocycles. The molecular formula is C17H24N4O. The molecule has 5 heteroatoms. The lowest BCUT2D eigenvalue weighted by Crippen LogP contribution is -2.48. The molecule has 0 atom stereocenters. The zero-order valence-corrected chi connectivity index (χ0v) is 13.7. The minimum absolute atomic E-state index is 0.0311. The van der Waals surface area contributed by atoms with Crippen molar-refractivity contribution in [3.05, 3.63) is 22.7 Å². The van der Waals surface area contributed by atoms with Crippen LogP contribution in [-0.2, 0) is 4.79 Å². The Morgan fingerprint density at radius 2 is 1.91 bits per heavy atom. The molecule has 118 valence electrons. The number of likely N-dealkylation sites (tertiary alicyclic amines) is 1. The molecule has 1 N–H and O–H groups in total. The summed E-state index contributed by atoms with van der Waals surface area (Å²) in [5.41, 5.74) is 3.35. The Morgan fingerprint density at radius 3 is 2.64 bits per heavy atom. The van der Waals surface area contributed by atoms with Gasteiger partial charge in [-0.15, -0.1) is 5.11 Å². The number of allylic oxidation sites excluding steroid dienone is 2. The number of carbonyl (C=O) groups excluding carboxylic acids is 1. The first-order valence-corrected chi connectivity index (χ1v) is 8.25. The second-order valence-electron chi connectivity index (χ2n) is 8.03. The maximum absolute atomic E-state index is 13.0. The van der Waals surface area contributed by atoms with Crippen LogP contribution in [0.3, 0.4) is 0 Å². The molecular weight excluding hydrogens is 276 g/mol. The molecule has 0 radical (unpaired) electrons. The number of rotatable bonds is 0. The summed E-state index contributed by atoms with van der Waals surface area (Å²) < 4.78 is 0. The van der Waals surface area contributed by atoms with Crippen molar-refractivity contribution in [2.24, 2.45) is 21.1 Å². The van der Waals surface area contributed by atoms with E-state index in [1.54, 1.807) is 0 Å². The van der Waals surface area contributed by atoms with Crippen LogP contribution < -0.4 is 5.32 Å². The van der Waals surface area contributed by atoms with E-state index in [0.717, 1.165) is 49.4 Å². The molecule has 1 fully saturated rings. The van der Waals surface area contributed by atoms with Gasteiger partial charge in [0.05, 0.1) is 6.54 Å². The van der Waals surface area contributed by atoms with E-state index in [1.807, 2.05) is 0 Å². The third-order valence-electron chi connectivity index (χ3n) is 5.73. The number of dihydropyridines is 1. The minimum Gasteiger partial charge on any atom is -0.342 e. The van der Waals surface area contributed by atoms with Crippen molar-refractivity contribution < 1.29 is 4.79 Å². The number of ketones is 1. The van der Waals surface area contributed by atoms with Gasteiger partial charge in [-0.25, -0.2) is 0 Å². The maximum atomic E-state index is 13.0. The van der Waals surface area contributed by atoms with E-state index in [2.05, 4.69) is 41.3 Å². The van der Waals surface area contributed by atoms with Gasteiger partial charge >= 0.3 is 0 Å². The Bertz CT molecular complexity index is 633. The van der Waals surface area contributed by atoms with Crippen LogP contribution in [0.15, 0.2) is 32.9 Å². The SMILES string of the molecule is CN1CCC2(CC1)C1=C(N=NC1)NC1=C2C(=O)CC(C)(C)C1. The van der Waals surface area contributed by atoms with Gasteiger partial charge in [0.15, 0.2) is 11.6 Å². The van der Waals surface area contributed by atoms with Gasteiger partial charge < -0.3 is 10.2 Å². The van der Waals surface area contributed by atoms with Crippen molar-refractivity contribution in [3.63, 3.8) is 0 Å². The molecule has 5 nitrogen and oxygen atoms in total. The summed E-state index contributed by atoms with van der Waals surface area (Å²) in [4.78, 5) is 15.3. The highest BCUT2D eigenvalue weighted by Gasteiger charge is 2.51. The molecule has 1 aliphatic carbocycles. The molecule has 3 aliphatic heterocycles. The van der Waals surface area contributed by atoms with Crippen molar-refractivity contribution in [1.29, 1.82) is 0 Å². The number of nitrogens with zero attached hydrogens (tertiary/aromatic N) is 3. The number of fused-ring (bicyclic) bond motifs is 2. The van der Waals surface area contributed by atoms with Crippen LogP contribution in [0, 0.1) is 10.8 Å². The van der Waals surface area contributed by atoms with E-state index in [0.29, 0.717) is 18.7 Å². The molecule has 3 heterocycles. The Kier molecular flexibility index (Phi) is 2.89. The quantitative estimate of drug-likeness (QED) is 0.748. The fourth-order valence-electron chi connectivity index (χ4n) is 4.62. The summed E-state index contributed by atoms with van der Waals surface area (Å²) in [6.07, 6.45) is 3.61. The van der Waals surface area contributed by atoms with Gasteiger partial charge in [0, 0.05) is 28.7 Å². The summed E-state index contributed by atoms with van der Waals surface area (Å²) in [6.45, 7) is 7.07. The highest BCUT2D eigenvalue weighted by molar-refractivity contribution is 6.00. The van der Waals surface area contributed by atoms with Gasteiger partial charge in [-0.05, 0) is 44.8 Å². The Morgan fingerprint density at radius 1 is 1.18 bits per heavy atom. The highest BCUT2D eigenvalue weighted by atomic mass is 16.1. The number of Topliss-reactive ketones (excluding diaryl/α,β-unsaturated/α-hetero) is 1. The average molecular weight is 300 g/mol. The van der Waals surface area contributed by atoms with E-state index in [-0.39, 0.29) is 10.8 Å². The molecule has 0 unspecified atom stereocenters. The zero-order chi connectivity index (χ0) is 15.5. The maximum Gasteiger partial charge on any atom is 0.162 e. The van der Waals surface area contributed by atoms with Gasteiger partial charge in [-0.2, -0.15) is 5.11 Å². The zero-order valence-electron chi connectivity index (χ0n) is 13.7. The van der Waals surface area contributed by atoms with Crippen molar-refractivity contribution in [2.45, 2.75) is 39.5 Å². The molecule has 0 saturated carbocycles. The molecule has 22 heavy (non-hydrogen) atoms. The summed E-state index contributed by atoms with van der Waals surface area (Å²) >= 11 is 0. The third kappa shape index (κ3) is 1.91. The van der Waals surface area contributed by atoms with Crippen molar-refractivity contribution in [1.82, 2.24) is 10.2 Å². The Labute approximate surface area is 131 Å². The van der Waals surface area contributed by atoms with Gasteiger partial charge in [0.2, 0.25) is 0 Å². The van der Waals surface area contributed by atoms with E-state index >= 15 is 0 Å². The normalized spacial score (nSPS) is 29.7. The number of piperidine rings is 1. The molecule has 1 saturated heterocycles. The number of nitrogens with one attached hydrogen (secondary N) is 1. The lowest BCUT2D eigenvalue weighted by atomic mass is 9.60. The first-order valence-electron chi connectivity index (χ1n) is 8.25. The monoisotopic (exact) mass is 300 g/mol. The van der Waals surface area contributed by atoms with E-state index in [4.69, 9.17) is 0 Å². The van der Waals surface area contributed by atoms with Crippen LogP contribution in [0.4, 0.5) is 0 Å². The lowest BCUT2D eigenvalue weighted by Gasteiger charge is -2.48. The Hall–Kier alpha value is -1.49.